The first-order valence-corrected chi connectivity index (χ1v) is 9.19. The van der Waals surface area contributed by atoms with E-state index < -0.39 is 17.7 Å². The number of carbonyl (C=O) groups is 1. The van der Waals surface area contributed by atoms with Crippen molar-refractivity contribution in [2.75, 3.05) is 24.6 Å². The molecule has 6 nitrogen and oxygen atoms in total. The van der Waals surface area contributed by atoms with Crippen LogP contribution in [0.25, 0.3) is 0 Å². The summed E-state index contributed by atoms with van der Waals surface area (Å²) in [7, 11) is 0. The van der Waals surface area contributed by atoms with Gasteiger partial charge in [-0.05, 0) is 25.7 Å². The number of ether oxygens (including phenoxy) is 1. The van der Waals surface area contributed by atoms with Gasteiger partial charge in [-0.25, -0.2) is 8.78 Å². The van der Waals surface area contributed by atoms with E-state index in [4.69, 9.17) is 4.74 Å². The maximum atomic E-state index is 13.0. The van der Waals surface area contributed by atoms with Gasteiger partial charge < -0.3 is 15.0 Å². The molecule has 3 fully saturated rings. The van der Waals surface area contributed by atoms with Crippen molar-refractivity contribution in [3.63, 3.8) is 0 Å². The second-order valence-electron chi connectivity index (χ2n) is 6.97. The van der Waals surface area contributed by atoms with Gasteiger partial charge in [-0.1, -0.05) is 11.3 Å². The predicted octanol–water partition coefficient (Wildman–Crippen LogP) is 1.83. The van der Waals surface area contributed by atoms with E-state index in [0.29, 0.717) is 6.61 Å². The van der Waals surface area contributed by atoms with Gasteiger partial charge in [-0.2, -0.15) is 0 Å². The molecule has 1 N–H and O–H groups in total. The minimum absolute atomic E-state index is 0.0277. The minimum atomic E-state index is -2.80. The molecule has 1 saturated heterocycles. The molecular weight excluding hydrogens is 338 g/mol. The van der Waals surface area contributed by atoms with Crippen molar-refractivity contribution < 1.29 is 18.3 Å². The summed E-state index contributed by atoms with van der Waals surface area (Å²) in [4.78, 5) is 14.0. The highest BCUT2D eigenvalue weighted by molar-refractivity contribution is 7.13. The van der Waals surface area contributed by atoms with Crippen LogP contribution in [0.3, 0.4) is 0 Å². The number of alkyl halides is 2. The SMILES string of the molecule is O=C(NC1CCC2(CC1)CN(c1nncs1)CCO2)C1CC1(F)F. The van der Waals surface area contributed by atoms with E-state index in [-0.39, 0.29) is 18.1 Å². The van der Waals surface area contributed by atoms with Gasteiger partial charge in [0.15, 0.2) is 0 Å². The van der Waals surface area contributed by atoms with Crippen LogP contribution < -0.4 is 10.2 Å². The summed E-state index contributed by atoms with van der Waals surface area (Å²) in [5.41, 5.74) is 1.49. The number of hydrogen-bond acceptors (Lipinski definition) is 6. The first-order chi connectivity index (χ1) is 11.5. The summed E-state index contributed by atoms with van der Waals surface area (Å²) in [5, 5.41) is 11.7. The Bertz CT molecular complexity index is 605. The lowest BCUT2D eigenvalue weighted by molar-refractivity contribution is -0.126. The van der Waals surface area contributed by atoms with Gasteiger partial charge in [0.25, 0.3) is 5.92 Å². The molecule has 2 saturated carbocycles. The third kappa shape index (κ3) is 3.11. The first kappa shape index (κ1) is 16.1. The number of amides is 1. The molecule has 0 aromatic carbocycles. The fraction of sp³-hybridized carbons (Fsp3) is 0.800. The zero-order valence-corrected chi connectivity index (χ0v) is 14.0. The molecule has 4 rings (SSSR count). The van der Waals surface area contributed by atoms with Crippen LogP contribution in [0, 0.1) is 5.92 Å². The second-order valence-corrected chi connectivity index (χ2v) is 7.79. The summed E-state index contributed by atoms with van der Waals surface area (Å²) in [6.07, 6.45) is 2.83. The molecule has 2 aliphatic carbocycles. The first-order valence-electron chi connectivity index (χ1n) is 8.31. The molecule has 1 spiro atoms. The Hall–Kier alpha value is -1.35. The smallest absolute Gasteiger partial charge is 0.260 e. The predicted molar refractivity (Wildman–Crippen MR) is 84.3 cm³/mol. The Kier molecular flexibility index (Phi) is 3.95. The summed E-state index contributed by atoms with van der Waals surface area (Å²) < 4.78 is 32.0. The average Bonchev–Trinajstić information content (AvgIpc) is 2.99. The van der Waals surface area contributed by atoms with Gasteiger partial charge in [0.05, 0.1) is 12.2 Å². The van der Waals surface area contributed by atoms with E-state index in [2.05, 4.69) is 20.4 Å². The van der Waals surface area contributed by atoms with Crippen molar-refractivity contribution in [2.45, 2.75) is 49.7 Å². The second kappa shape index (κ2) is 5.87. The molecule has 0 radical (unpaired) electrons. The molecule has 1 aromatic heterocycles. The van der Waals surface area contributed by atoms with Gasteiger partial charge >= 0.3 is 0 Å². The van der Waals surface area contributed by atoms with Crippen molar-refractivity contribution in [2.24, 2.45) is 5.92 Å². The Morgan fingerprint density at radius 3 is 2.79 bits per heavy atom. The Balaban J connectivity index is 1.31. The summed E-state index contributed by atoms with van der Waals surface area (Å²) in [6, 6.07) is -0.0277. The van der Waals surface area contributed by atoms with Crippen molar-refractivity contribution in [1.29, 1.82) is 0 Å². The van der Waals surface area contributed by atoms with Crippen LogP contribution >= 0.6 is 11.3 Å². The highest BCUT2D eigenvalue weighted by Crippen LogP contribution is 2.48. The third-order valence-corrected chi connectivity index (χ3v) is 6.00. The number of nitrogens with one attached hydrogen (secondary N) is 1. The Morgan fingerprint density at radius 2 is 2.17 bits per heavy atom. The monoisotopic (exact) mass is 358 g/mol. The molecule has 3 aliphatic rings. The van der Waals surface area contributed by atoms with Crippen LogP contribution in [0.15, 0.2) is 5.51 Å². The zero-order chi connectivity index (χ0) is 16.8. The number of nitrogens with zero attached hydrogens (tertiary/aromatic N) is 3. The number of carbonyl (C=O) groups excluding carboxylic acids is 1. The Morgan fingerprint density at radius 1 is 1.42 bits per heavy atom. The molecule has 1 amide bonds. The lowest BCUT2D eigenvalue weighted by Crippen LogP contribution is -2.55. The zero-order valence-electron chi connectivity index (χ0n) is 13.2. The van der Waals surface area contributed by atoms with Crippen LogP contribution in [0.4, 0.5) is 13.9 Å². The van der Waals surface area contributed by atoms with Gasteiger partial charge in [0, 0.05) is 25.6 Å². The average molecular weight is 358 g/mol. The van der Waals surface area contributed by atoms with E-state index in [0.717, 1.165) is 43.9 Å². The summed E-state index contributed by atoms with van der Waals surface area (Å²) >= 11 is 1.52. The molecular formula is C15H20F2N4O2S. The molecule has 1 unspecified atom stereocenters. The maximum absolute atomic E-state index is 13.0. The van der Waals surface area contributed by atoms with Gasteiger partial charge in [-0.15, -0.1) is 10.2 Å². The van der Waals surface area contributed by atoms with Crippen LogP contribution in [-0.4, -0.2) is 53.4 Å². The van der Waals surface area contributed by atoms with Crippen LogP contribution in [0.1, 0.15) is 32.1 Å². The molecule has 0 bridgehead atoms. The number of hydrogen-bond donors (Lipinski definition) is 1. The molecule has 24 heavy (non-hydrogen) atoms. The van der Waals surface area contributed by atoms with E-state index >= 15 is 0 Å². The highest BCUT2D eigenvalue weighted by atomic mass is 32.1. The maximum Gasteiger partial charge on any atom is 0.260 e. The van der Waals surface area contributed by atoms with E-state index in [1.807, 2.05) is 0 Å². The number of rotatable bonds is 3. The molecule has 1 aliphatic heterocycles. The van der Waals surface area contributed by atoms with Crippen molar-refractivity contribution in [1.82, 2.24) is 15.5 Å². The van der Waals surface area contributed by atoms with Gasteiger partial charge in [0.1, 0.15) is 11.4 Å². The van der Waals surface area contributed by atoms with Crippen molar-refractivity contribution in [3.8, 4) is 0 Å². The molecule has 1 aromatic rings. The van der Waals surface area contributed by atoms with Crippen LogP contribution in [0.2, 0.25) is 0 Å². The topological polar surface area (TPSA) is 67.4 Å². The molecule has 9 heteroatoms. The molecule has 1 atom stereocenters. The largest absolute Gasteiger partial charge is 0.371 e. The standard InChI is InChI=1S/C15H20F2N4O2S/c16-15(17)7-11(15)12(22)19-10-1-3-14(4-2-10)8-21(5-6-23-14)13-20-18-9-24-13/h9-11H,1-8H2,(H,19,22). The van der Waals surface area contributed by atoms with Crippen molar-refractivity contribution >= 4 is 22.4 Å². The van der Waals surface area contributed by atoms with Crippen molar-refractivity contribution in [3.05, 3.63) is 5.51 Å². The minimum Gasteiger partial charge on any atom is -0.371 e. The van der Waals surface area contributed by atoms with E-state index in [9.17, 15) is 13.6 Å². The lowest BCUT2D eigenvalue weighted by Gasteiger charge is -2.46. The quantitative estimate of drug-likeness (QED) is 0.893. The third-order valence-electron chi connectivity index (χ3n) is 5.25. The van der Waals surface area contributed by atoms with Crippen LogP contribution in [0.5, 0.6) is 0 Å². The summed E-state index contributed by atoms with van der Waals surface area (Å²) in [6.45, 7) is 2.21. The van der Waals surface area contributed by atoms with E-state index in [1.54, 1.807) is 5.51 Å². The lowest BCUT2D eigenvalue weighted by atomic mass is 9.81. The highest BCUT2D eigenvalue weighted by Gasteiger charge is 2.61. The number of anilines is 1. The molecule has 132 valence electrons. The Labute approximate surface area is 142 Å². The fourth-order valence-electron chi connectivity index (χ4n) is 3.70. The molecule has 2 heterocycles. The number of aromatic nitrogens is 2. The van der Waals surface area contributed by atoms with Gasteiger partial charge in [-0.3, -0.25) is 4.79 Å². The summed E-state index contributed by atoms with van der Waals surface area (Å²) in [5.74, 6) is -4.41. The fourth-order valence-corrected chi connectivity index (χ4v) is 4.29. The van der Waals surface area contributed by atoms with E-state index in [1.165, 1.54) is 11.3 Å². The normalized spacial score (nSPS) is 35.0. The number of halogens is 2. The van der Waals surface area contributed by atoms with Crippen LogP contribution in [-0.2, 0) is 9.53 Å². The number of morpholine rings is 1. The van der Waals surface area contributed by atoms with Gasteiger partial charge in [0.2, 0.25) is 11.0 Å².